The van der Waals surface area contributed by atoms with E-state index >= 15 is 0 Å². The summed E-state index contributed by atoms with van der Waals surface area (Å²) in [6, 6.07) is 0. The minimum atomic E-state index is 0.141. The summed E-state index contributed by atoms with van der Waals surface area (Å²) in [6.45, 7) is 0. The molecule has 52 valence electrons. The Morgan fingerprint density at radius 2 is 2.11 bits per heavy atom. The topological polar surface area (TPSA) is 100 Å². The summed E-state index contributed by atoms with van der Waals surface area (Å²) in [7, 11) is 3.00. The highest BCUT2D eigenvalue weighted by molar-refractivity contribution is 5.78. The van der Waals surface area contributed by atoms with Crippen molar-refractivity contribution in [2.24, 2.45) is 16.5 Å². The fourth-order valence-corrected chi connectivity index (χ4v) is 0.113. The fourth-order valence-electron chi connectivity index (χ4n) is 0.113. The molecular weight excluding hydrogens is 118 g/mol. The Balaban J connectivity index is 0. The Morgan fingerprint density at radius 3 is 2.22 bits per heavy atom. The van der Waals surface area contributed by atoms with Crippen LogP contribution in [0, 0.1) is 11.5 Å². The molecule has 0 saturated heterocycles. The van der Waals surface area contributed by atoms with E-state index in [1.165, 1.54) is 14.1 Å². The molecular formula is C4H11N5. The van der Waals surface area contributed by atoms with Crippen molar-refractivity contribution >= 4 is 5.96 Å². The van der Waals surface area contributed by atoms with Crippen LogP contribution in [0.4, 0.5) is 0 Å². The van der Waals surface area contributed by atoms with E-state index in [-0.39, 0.29) is 5.96 Å². The number of nitrogens with one attached hydrogen (secondary N) is 1. The molecule has 0 bridgehead atoms. The summed E-state index contributed by atoms with van der Waals surface area (Å²) >= 11 is 0. The first-order valence-corrected chi connectivity index (χ1v) is 2.26. The molecule has 0 amide bonds. The summed E-state index contributed by atoms with van der Waals surface area (Å²) in [5.41, 5.74) is 9.50. The highest BCUT2D eigenvalue weighted by atomic mass is 15.1. The van der Waals surface area contributed by atoms with Crippen LogP contribution in [0.1, 0.15) is 0 Å². The van der Waals surface area contributed by atoms with Gasteiger partial charge in [-0.1, -0.05) is 0 Å². The number of nitrogens with two attached hydrogens (primary N) is 2. The van der Waals surface area contributed by atoms with E-state index in [1.807, 2.05) is 0 Å². The van der Waals surface area contributed by atoms with E-state index in [2.05, 4.69) is 16.0 Å². The first kappa shape index (κ1) is 10.7. The van der Waals surface area contributed by atoms with Crippen LogP contribution in [-0.2, 0) is 0 Å². The van der Waals surface area contributed by atoms with Gasteiger partial charge in [0.15, 0.2) is 6.19 Å². The van der Waals surface area contributed by atoms with Gasteiger partial charge in [0.1, 0.15) is 0 Å². The van der Waals surface area contributed by atoms with Crippen molar-refractivity contribution in [3.8, 4) is 6.19 Å². The van der Waals surface area contributed by atoms with Crippen molar-refractivity contribution in [3.05, 3.63) is 0 Å². The largest absolute Gasteiger partial charge is 0.369 e. The van der Waals surface area contributed by atoms with Crippen LogP contribution < -0.4 is 16.8 Å². The van der Waals surface area contributed by atoms with E-state index in [0.29, 0.717) is 0 Å². The Bertz CT molecular complexity index is 111. The summed E-state index contributed by atoms with van der Waals surface area (Å²) in [6.07, 6.45) is 1.61. The third kappa shape index (κ3) is 10.8. The number of nitrogens with zero attached hydrogens (tertiary/aromatic N) is 2. The lowest BCUT2D eigenvalue weighted by Gasteiger charge is -1.87. The van der Waals surface area contributed by atoms with Gasteiger partial charge < -0.3 is 11.5 Å². The second-order valence-corrected chi connectivity index (χ2v) is 0.846. The summed E-state index contributed by atoms with van der Waals surface area (Å²) < 4.78 is 0. The summed E-state index contributed by atoms with van der Waals surface area (Å²) in [5, 5.41) is 9.97. The molecule has 5 nitrogen and oxygen atoms in total. The number of aliphatic imine (C=N–C) groups is 1. The first-order valence-electron chi connectivity index (χ1n) is 2.26. The standard InChI is InChI=1S/C3H6N4.CH5N/c1-6-3(5)7-2-4;1-2/h1H3,(H3,5,6,7);2H2,1H3. The zero-order valence-corrected chi connectivity index (χ0v) is 5.55. The van der Waals surface area contributed by atoms with Gasteiger partial charge in [-0.15, -0.1) is 0 Å². The summed E-state index contributed by atoms with van der Waals surface area (Å²) in [4.78, 5) is 3.44. The monoisotopic (exact) mass is 129 g/mol. The maximum Gasteiger partial charge on any atom is 0.201 e. The zero-order chi connectivity index (χ0) is 7.70. The van der Waals surface area contributed by atoms with Gasteiger partial charge in [0.05, 0.1) is 0 Å². The Morgan fingerprint density at radius 1 is 1.67 bits per heavy atom. The number of guanidine groups is 1. The molecule has 0 atom stereocenters. The van der Waals surface area contributed by atoms with Gasteiger partial charge in [-0.25, -0.2) is 0 Å². The smallest absolute Gasteiger partial charge is 0.201 e. The molecule has 0 aliphatic heterocycles. The third-order valence-electron chi connectivity index (χ3n) is 0.425. The summed E-state index contributed by atoms with van der Waals surface area (Å²) in [5.74, 6) is 0.141. The van der Waals surface area contributed by atoms with Crippen LogP contribution in [0.2, 0.25) is 0 Å². The van der Waals surface area contributed by atoms with E-state index in [0.717, 1.165) is 0 Å². The maximum atomic E-state index is 7.85. The molecule has 0 aliphatic carbocycles. The van der Waals surface area contributed by atoms with Crippen LogP contribution in [0.15, 0.2) is 4.99 Å². The van der Waals surface area contributed by atoms with E-state index in [9.17, 15) is 0 Å². The van der Waals surface area contributed by atoms with Gasteiger partial charge in [-0.2, -0.15) is 5.26 Å². The highest BCUT2D eigenvalue weighted by Crippen LogP contribution is 1.50. The average molecular weight is 129 g/mol. The van der Waals surface area contributed by atoms with Crippen molar-refractivity contribution in [1.82, 2.24) is 5.32 Å². The Kier molecular flexibility index (Phi) is 11.7. The molecule has 0 fully saturated rings. The quantitative estimate of drug-likeness (QED) is 0.162. The molecule has 0 aromatic rings. The lowest BCUT2D eigenvalue weighted by atomic mass is 11.0. The molecule has 0 saturated carbocycles. The Labute approximate surface area is 54.4 Å². The van der Waals surface area contributed by atoms with Gasteiger partial charge in [-0.3, -0.25) is 10.3 Å². The molecule has 0 aromatic carbocycles. The van der Waals surface area contributed by atoms with Gasteiger partial charge in [0.25, 0.3) is 0 Å². The van der Waals surface area contributed by atoms with Crippen LogP contribution >= 0.6 is 0 Å². The molecule has 0 radical (unpaired) electrons. The normalized spacial score (nSPS) is 8.44. The van der Waals surface area contributed by atoms with Crippen LogP contribution in [0.25, 0.3) is 0 Å². The van der Waals surface area contributed by atoms with Crippen LogP contribution in [0.5, 0.6) is 0 Å². The maximum absolute atomic E-state index is 7.85. The van der Waals surface area contributed by atoms with Crippen molar-refractivity contribution in [1.29, 1.82) is 5.26 Å². The number of rotatable bonds is 0. The van der Waals surface area contributed by atoms with Crippen LogP contribution in [0.3, 0.4) is 0 Å². The molecule has 0 aliphatic rings. The van der Waals surface area contributed by atoms with Gasteiger partial charge in [-0.05, 0) is 7.05 Å². The van der Waals surface area contributed by atoms with Crippen molar-refractivity contribution in [2.75, 3.05) is 14.1 Å². The predicted molar refractivity (Wildman–Crippen MR) is 36.4 cm³/mol. The van der Waals surface area contributed by atoms with Crippen LogP contribution in [-0.4, -0.2) is 20.1 Å². The number of hydrogen-bond donors (Lipinski definition) is 3. The zero-order valence-electron chi connectivity index (χ0n) is 5.55. The minimum absolute atomic E-state index is 0.141. The predicted octanol–water partition coefficient (Wildman–Crippen LogP) is -1.42. The second kappa shape index (κ2) is 9.87. The van der Waals surface area contributed by atoms with Gasteiger partial charge >= 0.3 is 0 Å². The molecule has 0 rings (SSSR count). The lowest BCUT2D eigenvalue weighted by Crippen LogP contribution is -2.26. The van der Waals surface area contributed by atoms with E-state index < -0.39 is 0 Å². The molecule has 5 N–H and O–H groups in total. The molecule has 9 heavy (non-hydrogen) atoms. The van der Waals surface area contributed by atoms with E-state index in [4.69, 9.17) is 11.0 Å². The fraction of sp³-hybridized carbons (Fsp3) is 0.500. The molecule has 0 aromatic heterocycles. The van der Waals surface area contributed by atoms with Crippen molar-refractivity contribution < 1.29 is 0 Å². The molecule has 0 heterocycles. The number of hydrogen-bond acceptors (Lipinski definition) is 3. The highest BCUT2D eigenvalue weighted by Gasteiger charge is 1.77. The average Bonchev–Trinajstić information content (AvgIpc) is 1.93. The molecule has 0 unspecified atom stereocenters. The van der Waals surface area contributed by atoms with Gasteiger partial charge in [0.2, 0.25) is 5.96 Å². The molecule has 5 heteroatoms. The van der Waals surface area contributed by atoms with E-state index in [1.54, 1.807) is 6.19 Å². The SMILES string of the molecule is CN.CN=C(N)NC#N. The third-order valence-corrected chi connectivity index (χ3v) is 0.425. The lowest BCUT2D eigenvalue weighted by molar-refractivity contribution is 1.20. The first-order chi connectivity index (χ1) is 4.31. The Hall–Kier alpha value is -1.28. The minimum Gasteiger partial charge on any atom is -0.369 e. The molecule has 0 spiro atoms. The number of nitriles is 1. The van der Waals surface area contributed by atoms with Crippen molar-refractivity contribution in [2.45, 2.75) is 0 Å². The second-order valence-electron chi connectivity index (χ2n) is 0.846. The van der Waals surface area contributed by atoms with Gasteiger partial charge in [0, 0.05) is 7.05 Å². The van der Waals surface area contributed by atoms with Crippen molar-refractivity contribution in [3.63, 3.8) is 0 Å².